The quantitative estimate of drug-likeness (QED) is 0.129. The number of carbonyl (C=O) groups excluding carboxylic acids is 2. The summed E-state index contributed by atoms with van der Waals surface area (Å²) in [6, 6.07) is 24.1. The molecular formula is C37H37ClN4O6. The van der Waals surface area contributed by atoms with Crippen LogP contribution in [-0.2, 0) is 9.59 Å². The fraction of sp³-hybridized carbons (Fsp3) is 0.243. The summed E-state index contributed by atoms with van der Waals surface area (Å²) in [5, 5.41) is 26.1. The SMILES string of the molecule is [C-]#[N+]c1ccc(NC(=O)[C@@](C)(O)COc2ccc(C)cc2)cc1C.[C-]#[N+]c1ccc(NC(=O)[C@@](C)(O)COc2ccc(C)cc2)cc1Cl. The van der Waals surface area contributed by atoms with Crippen LogP contribution in [0.3, 0.4) is 0 Å². The van der Waals surface area contributed by atoms with E-state index in [1.165, 1.54) is 26.0 Å². The van der Waals surface area contributed by atoms with E-state index in [1.807, 2.05) is 38.1 Å². The van der Waals surface area contributed by atoms with Crippen molar-refractivity contribution in [2.45, 2.75) is 45.8 Å². The Morgan fingerprint density at radius 1 is 0.688 bits per heavy atom. The molecule has 0 saturated carbocycles. The van der Waals surface area contributed by atoms with Gasteiger partial charge in [-0.1, -0.05) is 59.1 Å². The molecule has 4 N–H and O–H groups in total. The van der Waals surface area contributed by atoms with Gasteiger partial charge in [0.25, 0.3) is 11.8 Å². The molecule has 0 aliphatic heterocycles. The second-order valence-corrected chi connectivity index (χ2v) is 12.0. The van der Waals surface area contributed by atoms with Gasteiger partial charge in [-0.25, -0.2) is 9.69 Å². The Labute approximate surface area is 285 Å². The van der Waals surface area contributed by atoms with Crippen LogP contribution in [0, 0.1) is 33.9 Å². The van der Waals surface area contributed by atoms with Gasteiger partial charge < -0.3 is 30.3 Å². The van der Waals surface area contributed by atoms with Crippen molar-refractivity contribution >= 4 is 46.2 Å². The molecule has 48 heavy (non-hydrogen) atoms. The lowest BCUT2D eigenvalue weighted by molar-refractivity contribution is -0.135. The number of anilines is 2. The molecule has 2 atom stereocenters. The number of halogens is 1. The monoisotopic (exact) mass is 668 g/mol. The van der Waals surface area contributed by atoms with Gasteiger partial charge in [0.05, 0.1) is 13.1 Å². The number of rotatable bonds is 10. The van der Waals surface area contributed by atoms with E-state index in [2.05, 4.69) is 20.3 Å². The highest BCUT2D eigenvalue weighted by atomic mass is 35.5. The summed E-state index contributed by atoms with van der Waals surface area (Å²) in [7, 11) is 0. The molecular weight excluding hydrogens is 632 g/mol. The van der Waals surface area contributed by atoms with Crippen LogP contribution >= 0.6 is 11.6 Å². The van der Waals surface area contributed by atoms with Crippen LogP contribution in [0.25, 0.3) is 9.69 Å². The summed E-state index contributed by atoms with van der Waals surface area (Å²) in [6.07, 6.45) is 0. The van der Waals surface area contributed by atoms with Gasteiger partial charge in [-0.15, -0.1) is 0 Å². The molecule has 0 bridgehead atoms. The molecule has 0 radical (unpaired) electrons. The summed E-state index contributed by atoms with van der Waals surface area (Å²) >= 11 is 5.93. The second-order valence-electron chi connectivity index (χ2n) is 11.6. The maximum Gasteiger partial charge on any atom is 0.259 e. The van der Waals surface area contributed by atoms with E-state index < -0.39 is 23.0 Å². The first-order valence-electron chi connectivity index (χ1n) is 14.8. The number of nitrogens with zero attached hydrogens (tertiary/aromatic N) is 2. The highest BCUT2D eigenvalue weighted by Gasteiger charge is 2.32. The zero-order valence-electron chi connectivity index (χ0n) is 27.3. The minimum atomic E-state index is -1.73. The first-order valence-corrected chi connectivity index (χ1v) is 15.1. The average Bonchev–Trinajstić information content (AvgIpc) is 3.05. The summed E-state index contributed by atoms with van der Waals surface area (Å²) in [6.45, 7) is 22.1. The summed E-state index contributed by atoms with van der Waals surface area (Å²) in [4.78, 5) is 31.1. The van der Waals surface area contributed by atoms with Gasteiger partial charge in [0.1, 0.15) is 24.7 Å². The fourth-order valence-electron chi connectivity index (χ4n) is 3.91. The largest absolute Gasteiger partial charge is 0.490 e. The van der Waals surface area contributed by atoms with Crippen molar-refractivity contribution < 1.29 is 29.3 Å². The normalized spacial score (nSPS) is 12.8. The third kappa shape index (κ3) is 10.9. The lowest BCUT2D eigenvalue weighted by atomic mass is 10.1. The molecule has 0 aromatic heterocycles. The van der Waals surface area contributed by atoms with Crippen LogP contribution in [0.4, 0.5) is 22.7 Å². The van der Waals surface area contributed by atoms with E-state index in [1.54, 1.807) is 55.5 Å². The van der Waals surface area contributed by atoms with Gasteiger partial charge in [0, 0.05) is 16.4 Å². The predicted octanol–water partition coefficient (Wildman–Crippen LogP) is 7.59. The van der Waals surface area contributed by atoms with Gasteiger partial charge >= 0.3 is 0 Å². The van der Waals surface area contributed by atoms with Crippen molar-refractivity contribution in [1.29, 1.82) is 0 Å². The van der Waals surface area contributed by atoms with Gasteiger partial charge in [-0.2, -0.15) is 0 Å². The van der Waals surface area contributed by atoms with E-state index in [0.717, 1.165) is 16.7 Å². The van der Waals surface area contributed by atoms with E-state index >= 15 is 0 Å². The molecule has 0 unspecified atom stereocenters. The zero-order valence-corrected chi connectivity index (χ0v) is 28.1. The number of amides is 2. The number of hydrogen-bond donors (Lipinski definition) is 4. The molecule has 0 fully saturated rings. The van der Waals surface area contributed by atoms with Crippen LogP contribution in [0.1, 0.15) is 30.5 Å². The van der Waals surface area contributed by atoms with Crippen LogP contribution in [0.2, 0.25) is 5.02 Å². The van der Waals surface area contributed by atoms with Crippen molar-refractivity contribution in [2.24, 2.45) is 0 Å². The predicted molar refractivity (Wildman–Crippen MR) is 187 cm³/mol. The Balaban J connectivity index is 0.000000260. The summed E-state index contributed by atoms with van der Waals surface area (Å²) in [5.41, 5.74) is 1.29. The Kier molecular flexibility index (Phi) is 12.7. The van der Waals surface area contributed by atoms with E-state index in [0.29, 0.717) is 34.2 Å². The smallest absolute Gasteiger partial charge is 0.259 e. The number of nitrogens with one attached hydrogen (secondary N) is 2. The van der Waals surface area contributed by atoms with Crippen molar-refractivity contribution in [1.82, 2.24) is 0 Å². The molecule has 0 spiro atoms. The molecule has 2 amide bonds. The van der Waals surface area contributed by atoms with Crippen molar-refractivity contribution in [3.8, 4) is 11.5 Å². The van der Waals surface area contributed by atoms with E-state index in [4.69, 9.17) is 34.2 Å². The zero-order chi connectivity index (χ0) is 35.5. The first-order chi connectivity index (χ1) is 22.6. The third-order valence-corrected chi connectivity index (χ3v) is 7.26. The Bertz CT molecular complexity index is 1690. The number of aliphatic hydroxyl groups is 2. The molecule has 0 heterocycles. The highest BCUT2D eigenvalue weighted by molar-refractivity contribution is 6.33. The molecule has 0 aliphatic rings. The average molecular weight is 669 g/mol. The molecule has 4 rings (SSSR count). The van der Waals surface area contributed by atoms with Crippen molar-refractivity contribution in [3.05, 3.63) is 129 Å². The molecule has 4 aromatic rings. The van der Waals surface area contributed by atoms with E-state index in [9.17, 15) is 19.8 Å². The minimum absolute atomic E-state index is 0.166. The van der Waals surface area contributed by atoms with Crippen molar-refractivity contribution in [3.63, 3.8) is 0 Å². The van der Waals surface area contributed by atoms with Crippen LogP contribution in [-0.4, -0.2) is 46.4 Å². The molecule has 0 aliphatic carbocycles. The van der Waals surface area contributed by atoms with E-state index in [-0.39, 0.29) is 18.2 Å². The lowest BCUT2D eigenvalue weighted by Crippen LogP contribution is -2.45. The summed E-state index contributed by atoms with van der Waals surface area (Å²) in [5.74, 6) is -0.0325. The maximum atomic E-state index is 12.3. The number of benzene rings is 4. The fourth-order valence-corrected chi connectivity index (χ4v) is 4.14. The molecule has 4 aromatic carbocycles. The topological polar surface area (TPSA) is 126 Å². The van der Waals surface area contributed by atoms with Gasteiger partial charge in [0.2, 0.25) is 5.69 Å². The molecule has 248 valence electrons. The Hall–Kier alpha value is -5.39. The van der Waals surface area contributed by atoms with Gasteiger partial charge in [-0.05, 0) is 88.7 Å². The second kappa shape index (κ2) is 16.4. The summed E-state index contributed by atoms with van der Waals surface area (Å²) < 4.78 is 11.0. The minimum Gasteiger partial charge on any atom is -0.490 e. The first kappa shape index (κ1) is 37.1. The molecule has 0 saturated heterocycles. The van der Waals surface area contributed by atoms with Crippen LogP contribution in [0.5, 0.6) is 11.5 Å². The Morgan fingerprint density at radius 3 is 1.46 bits per heavy atom. The van der Waals surface area contributed by atoms with Gasteiger partial charge in [0.15, 0.2) is 16.9 Å². The molecule has 11 heteroatoms. The lowest BCUT2D eigenvalue weighted by Gasteiger charge is -2.22. The number of aryl methyl sites for hydroxylation is 3. The maximum absolute atomic E-state index is 12.3. The highest BCUT2D eigenvalue weighted by Crippen LogP contribution is 2.28. The standard InChI is InChI=1S/C19H20N2O3.C18H17ClN2O3/c1-13-5-8-16(9-6-13)24-12-19(3,23)18(22)21-15-7-10-17(20-4)14(2)11-15;1-12-4-7-14(8-5-12)24-11-18(2,23)17(22)21-13-6-9-16(20-3)15(19)10-13/h5-11,23H,12H2,1-3H3,(H,21,22);4-10,23H,11H2,1-2H3,(H,21,22)/t19-;18-/m00/s1. The number of hydrogen-bond acceptors (Lipinski definition) is 6. The molecule has 10 nitrogen and oxygen atoms in total. The Morgan fingerprint density at radius 2 is 1.08 bits per heavy atom. The van der Waals surface area contributed by atoms with Crippen LogP contribution < -0.4 is 20.1 Å². The van der Waals surface area contributed by atoms with Crippen molar-refractivity contribution in [2.75, 3.05) is 23.8 Å². The van der Waals surface area contributed by atoms with Gasteiger partial charge in [-0.3, -0.25) is 9.59 Å². The number of ether oxygens (including phenoxy) is 2. The third-order valence-electron chi connectivity index (χ3n) is 6.96. The number of carbonyl (C=O) groups is 2. The van der Waals surface area contributed by atoms with Crippen LogP contribution in [0.15, 0.2) is 84.9 Å².